The van der Waals surface area contributed by atoms with Gasteiger partial charge in [-0.05, 0) is 59.6 Å². The Morgan fingerprint density at radius 1 is 1.33 bits per heavy atom. The monoisotopic (exact) mass is 350 g/mol. The van der Waals surface area contributed by atoms with Gasteiger partial charge in [-0.1, -0.05) is 12.1 Å². The first kappa shape index (κ1) is 15.5. The van der Waals surface area contributed by atoms with Crippen LogP contribution in [0.15, 0.2) is 40.9 Å². The van der Waals surface area contributed by atoms with Gasteiger partial charge >= 0.3 is 0 Å². The zero-order valence-electron chi connectivity index (χ0n) is 11.9. The molecule has 0 saturated heterocycles. The molecule has 1 amide bonds. The van der Waals surface area contributed by atoms with Crippen LogP contribution in [-0.4, -0.2) is 12.5 Å². The lowest BCUT2D eigenvalue weighted by atomic mass is 10.1. The maximum Gasteiger partial charge on any atom is 0.259 e. The topological polar surface area (TPSA) is 46.3 Å². The summed E-state index contributed by atoms with van der Waals surface area (Å²) in [7, 11) is 0. The third kappa shape index (κ3) is 3.24. The first-order valence-corrected chi connectivity index (χ1v) is 7.36. The highest BCUT2D eigenvalue weighted by Crippen LogP contribution is 2.26. The third-order valence-electron chi connectivity index (χ3n) is 3.19. The van der Waals surface area contributed by atoms with Crippen LogP contribution in [0.4, 0.5) is 15.8 Å². The molecule has 2 aromatic carbocycles. The fourth-order valence-corrected chi connectivity index (χ4v) is 2.60. The summed E-state index contributed by atoms with van der Waals surface area (Å²) in [4.78, 5) is 14.3. The minimum absolute atomic E-state index is 0.0400. The molecule has 0 heterocycles. The number of aryl methyl sites for hydroxylation is 1. The van der Waals surface area contributed by atoms with Gasteiger partial charge in [0.1, 0.15) is 5.82 Å². The summed E-state index contributed by atoms with van der Waals surface area (Å²) in [5.74, 6) is -0.765. The molecule has 2 rings (SSSR count). The molecule has 0 bridgehead atoms. The lowest BCUT2D eigenvalue weighted by Gasteiger charge is -2.22. The average Bonchev–Trinajstić information content (AvgIpc) is 2.43. The van der Waals surface area contributed by atoms with Crippen molar-refractivity contribution in [2.24, 2.45) is 0 Å². The van der Waals surface area contributed by atoms with E-state index in [1.165, 1.54) is 12.1 Å². The Morgan fingerprint density at radius 3 is 2.67 bits per heavy atom. The average molecular weight is 351 g/mol. The maximum absolute atomic E-state index is 13.4. The SMILES string of the molecule is CCN(C(=O)c1cc(N)c(F)cc1Br)c1cccc(C)c1. The van der Waals surface area contributed by atoms with E-state index in [-0.39, 0.29) is 11.6 Å². The van der Waals surface area contributed by atoms with Gasteiger partial charge in [0.15, 0.2) is 0 Å². The van der Waals surface area contributed by atoms with Crippen LogP contribution in [0.1, 0.15) is 22.8 Å². The quantitative estimate of drug-likeness (QED) is 0.845. The molecule has 0 atom stereocenters. The molecule has 0 aliphatic rings. The fraction of sp³-hybridized carbons (Fsp3) is 0.188. The summed E-state index contributed by atoms with van der Waals surface area (Å²) >= 11 is 3.22. The number of hydrogen-bond acceptors (Lipinski definition) is 2. The molecule has 5 heteroatoms. The smallest absolute Gasteiger partial charge is 0.259 e. The van der Waals surface area contributed by atoms with Crippen LogP contribution < -0.4 is 10.6 Å². The molecule has 0 fully saturated rings. The molecule has 3 nitrogen and oxygen atoms in total. The van der Waals surface area contributed by atoms with Crippen molar-refractivity contribution >= 4 is 33.2 Å². The van der Waals surface area contributed by atoms with Crippen molar-refractivity contribution < 1.29 is 9.18 Å². The number of rotatable bonds is 3. The third-order valence-corrected chi connectivity index (χ3v) is 3.85. The van der Waals surface area contributed by atoms with E-state index in [9.17, 15) is 9.18 Å². The van der Waals surface area contributed by atoms with Crippen LogP contribution in [0.3, 0.4) is 0 Å². The summed E-state index contributed by atoms with van der Waals surface area (Å²) < 4.78 is 13.8. The lowest BCUT2D eigenvalue weighted by Crippen LogP contribution is -2.31. The Labute approximate surface area is 131 Å². The van der Waals surface area contributed by atoms with Crippen molar-refractivity contribution in [2.45, 2.75) is 13.8 Å². The van der Waals surface area contributed by atoms with Gasteiger partial charge in [0.25, 0.3) is 5.91 Å². The van der Waals surface area contributed by atoms with Crippen LogP contribution in [-0.2, 0) is 0 Å². The number of anilines is 2. The molecular formula is C16H16BrFN2O. The molecule has 0 saturated carbocycles. The van der Waals surface area contributed by atoms with Crippen LogP contribution >= 0.6 is 15.9 Å². The molecule has 0 unspecified atom stereocenters. The molecule has 0 spiro atoms. The van der Waals surface area contributed by atoms with Gasteiger partial charge in [-0.15, -0.1) is 0 Å². The second-order valence-electron chi connectivity index (χ2n) is 4.74. The number of carbonyl (C=O) groups excluding carboxylic acids is 1. The van der Waals surface area contributed by atoms with Gasteiger partial charge in [-0.25, -0.2) is 4.39 Å². The summed E-state index contributed by atoms with van der Waals surface area (Å²) in [6.45, 7) is 4.36. The second-order valence-corrected chi connectivity index (χ2v) is 5.60. The number of halogens is 2. The molecule has 0 aliphatic carbocycles. The fourth-order valence-electron chi connectivity index (χ4n) is 2.11. The van der Waals surface area contributed by atoms with Crippen molar-refractivity contribution in [1.82, 2.24) is 0 Å². The molecule has 0 aromatic heterocycles. The standard InChI is InChI=1S/C16H16BrFN2O/c1-3-20(11-6-4-5-10(2)7-11)16(21)12-8-15(19)14(18)9-13(12)17/h4-9H,3,19H2,1-2H3. The number of carbonyl (C=O) groups is 1. The first-order valence-electron chi connectivity index (χ1n) is 6.57. The zero-order valence-corrected chi connectivity index (χ0v) is 13.4. The predicted molar refractivity (Wildman–Crippen MR) is 87.0 cm³/mol. The summed E-state index contributed by atoms with van der Waals surface area (Å²) in [5, 5.41) is 0. The highest BCUT2D eigenvalue weighted by molar-refractivity contribution is 9.10. The first-order chi connectivity index (χ1) is 9.93. The van der Waals surface area contributed by atoms with Gasteiger partial charge in [0.05, 0.1) is 11.3 Å². The normalized spacial score (nSPS) is 10.5. The van der Waals surface area contributed by atoms with Crippen LogP contribution in [0.25, 0.3) is 0 Å². The van der Waals surface area contributed by atoms with Crippen LogP contribution in [0, 0.1) is 12.7 Å². The van der Waals surface area contributed by atoms with E-state index in [0.29, 0.717) is 16.6 Å². The Kier molecular flexibility index (Phi) is 4.63. The Morgan fingerprint density at radius 2 is 2.05 bits per heavy atom. The van der Waals surface area contributed by atoms with E-state index in [1.54, 1.807) is 4.90 Å². The molecule has 2 N–H and O–H groups in total. The lowest BCUT2D eigenvalue weighted by molar-refractivity contribution is 0.0987. The minimum atomic E-state index is -0.544. The maximum atomic E-state index is 13.4. The van der Waals surface area contributed by atoms with Crippen LogP contribution in [0.2, 0.25) is 0 Å². The van der Waals surface area contributed by atoms with Gasteiger partial charge < -0.3 is 10.6 Å². The molecular weight excluding hydrogens is 335 g/mol. The molecule has 110 valence electrons. The molecule has 0 radical (unpaired) electrons. The number of amides is 1. The Hall–Kier alpha value is -1.88. The number of benzene rings is 2. The van der Waals surface area contributed by atoms with Crippen molar-refractivity contribution in [3.05, 3.63) is 57.8 Å². The largest absolute Gasteiger partial charge is 0.396 e. The van der Waals surface area contributed by atoms with Crippen LogP contribution in [0.5, 0.6) is 0 Å². The Bertz CT molecular complexity index is 688. The summed E-state index contributed by atoms with van der Waals surface area (Å²) in [5.41, 5.74) is 7.74. The van der Waals surface area contributed by atoms with Gasteiger partial charge in [0.2, 0.25) is 0 Å². The minimum Gasteiger partial charge on any atom is -0.396 e. The van der Waals surface area contributed by atoms with E-state index in [1.807, 2.05) is 38.1 Å². The van der Waals surface area contributed by atoms with E-state index in [4.69, 9.17) is 5.73 Å². The zero-order chi connectivity index (χ0) is 15.6. The van der Waals surface area contributed by atoms with Crippen molar-refractivity contribution in [1.29, 1.82) is 0 Å². The van der Waals surface area contributed by atoms with Crippen molar-refractivity contribution in [2.75, 3.05) is 17.2 Å². The predicted octanol–water partition coefficient (Wildman–Crippen LogP) is 4.15. The van der Waals surface area contributed by atoms with Gasteiger partial charge in [-0.3, -0.25) is 4.79 Å². The Balaban J connectivity index is 2.44. The van der Waals surface area contributed by atoms with E-state index in [0.717, 1.165) is 11.3 Å². The molecule has 21 heavy (non-hydrogen) atoms. The second kappa shape index (κ2) is 6.26. The van der Waals surface area contributed by atoms with E-state index in [2.05, 4.69) is 15.9 Å². The summed E-state index contributed by atoms with van der Waals surface area (Å²) in [6, 6.07) is 10.2. The highest BCUT2D eigenvalue weighted by Gasteiger charge is 2.20. The van der Waals surface area contributed by atoms with Gasteiger partial charge in [-0.2, -0.15) is 0 Å². The highest BCUT2D eigenvalue weighted by atomic mass is 79.9. The number of nitrogens with two attached hydrogens (primary N) is 1. The molecule has 0 aliphatic heterocycles. The molecule has 2 aromatic rings. The summed E-state index contributed by atoms with van der Waals surface area (Å²) in [6.07, 6.45) is 0. The van der Waals surface area contributed by atoms with E-state index >= 15 is 0 Å². The number of nitrogens with zero attached hydrogens (tertiary/aromatic N) is 1. The van der Waals surface area contributed by atoms with E-state index < -0.39 is 5.82 Å². The number of nitrogen functional groups attached to an aromatic ring is 1. The van der Waals surface area contributed by atoms with Gasteiger partial charge in [0, 0.05) is 16.7 Å². The number of hydrogen-bond donors (Lipinski definition) is 1. The van der Waals surface area contributed by atoms with Crippen molar-refractivity contribution in [3.63, 3.8) is 0 Å². The van der Waals surface area contributed by atoms with Crippen molar-refractivity contribution in [3.8, 4) is 0 Å².